The van der Waals surface area contributed by atoms with Gasteiger partial charge in [0.15, 0.2) is 5.96 Å². The molecule has 0 spiro atoms. The number of benzene rings is 1. The zero-order valence-electron chi connectivity index (χ0n) is 12.7. The van der Waals surface area contributed by atoms with Crippen LogP contribution >= 0.6 is 0 Å². The molecule has 0 amide bonds. The van der Waals surface area contributed by atoms with Crippen molar-refractivity contribution in [3.8, 4) is 0 Å². The monoisotopic (exact) mass is 274 g/mol. The van der Waals surface area contributed by atoms with Gasteiger partial charge in [0.2, 0.25) is 0 Å². The number of hydrogen-bond acceptors (Lipinski definition) is 2. The number of hydrogen-bond donors (Lipinski definition) is 1. The molecular formula is C16H26N4. The topological polar surface area (TPSA) is 44.9 Å². The van der Waals surface area contributed by atoms with Gasteiger partial charge in [0.25, 0.3) is 0 Å². The predicted octanol–water partition coefficient (Wildman–Crippen LogP) is 2.05. The molecule has 0 radical (unpaired) electrons. The first-order chi connectivity index (χ1) is 9.65. The molecule has 2 rings (SSSR count). The molecule has 1 saturated heterocycles. The smallest absolute Gasteiger partial charge is 0.191 e. The van der Waals surface area contributed by atoms with Crippen molar-refractivity contribution < 1.29 is 0 Å². The molecule has 1 heterocycles. The van der Waals surface area contributed by atoms with Crippen molar-refractivity contribution in [2.75, 3.05) is 27.2 Å². The molecule has 0 aliphatic carbocycles. The SMILES string of the molecule is CN(C)Cc1cccc(CN=C(N)N2CCCCC2)c1. The summed E-state index contributed by atoms with van der Waals surface area (Å²) < 4.78 is 0. The summed E-state index contributed by atoms with van der Waals surface area (Å²) >= 11 is 0. The number of nitrogens with zero attached hydrogens (tertiary/aromatic N) is 3. The Labute approximate surface area is 122 Å². The first kappa shape index (κ1) is 14.9. The van der Waals surface area contributed by atoms with Crippen molar-refractivity contribution in [2.24, 2.45) is 10.7 Å². The van der Waals surface area contributed by atoms with Crippen LogP contribution in [0.25, 0.3) is 0 Å². The minimum absolute atomic E-state index is 0.670. The summed E-state index contributed by atoms with van der Waals surface area (Å²) in [5, 5.41) is 0. The van der Waals surface area contributed by atoms with Gasteiger partial charge in [-0.25, -0.2) is 4.99 Å². The Bertz CT molecular complexity index is 448. The molecule has 0 atom stereocenters. The van der Waals surface area contributed by atoms with E-state index in [-0.39, 0.29) is 0 Å². The molecule has 0 aromatic heterocycles. The maximum absolute atomic E-state index is 6.08. The Morgan fingerprint density at radius 3 is 2.60 bits per heavy atom. The number of guanidine groups is 1. The Morgan fingerprint density at radius 2 is 1.90 bits per heavy atom. The van der Waals surface area contributed by atoms with E-state index in [9.17, 15) is 0 Å². The Hall–Kier alpha value is -1.55. The lowest BCUT2D eigenvalue weighted by Gasteiger charge is -2.27. The fourth-order valence-electron chi connectivity index (χ4n) is 2.59. The zero-order valence-corrected chi connectivity index (χ0v) is 12.7. The van der Waals surface area contributed by atoms with Crippen LogP contribution < -0.4 is 5.73 Å². The highest BCUT2D eigenvalue weighted by molar-refractivity contribution is 5.78. The van der Waals surface area contributed by atoms with E-state index in [0.29, 0.717) is 12.5 Å². The van der Waals surface area contributed by atoms with Gasteiger partial charge in [0.05, 0.1) is 6.54 Å². The highest BCUT2D eigenvalue weighted by atomic mass is 15.2. The van der Waals surface area contributed by atoms with Crippen LogP contribution in [0.1, 0.15) is 30.4 Å². The first-order valence-electron chi connectivity index (χ1n) is 7.42. The summed E-state index contributed by atoms with van der Waals surface area (Å²) in [6, 6.07) is 8.58. The molecular weight excluding hydrogens is 248 g/mol. The third-order valence-electron chi connectivity index (χ3n) is 3.59. The number of nitrogens with two attached hydrogens (primary N) is 1. The largest absolute Gasteiger partial charge is 0.370 e. The van der Waals surface area contributed by atoms with Gasteiger partial charge < -0.3 is 15.5 Å². The van der Waals surface area contributed by atoms with E-state index >= 15 is 0 Å². The van der Waals surface area contributed by atoms with Gasteiger partial charge in [-0.2, -0.15) is 0 Å². The molecule has 0 saturated carbocycles. The molecule has 20 heavy (non-hydrogen) atoms. The average molecular weight is 274 g/mol. The third kappa shape index (κ3) is 4.53. The van der Waals surface area contributed by atoms with Crippen molar-refractivity contribution in [1.29, 1.82) is 0 Å². The fraction of sp³-hybridized carbons (Fsp3) is 0.562. The minimum Gasteiger partial charge on any atom is -0.370 e. The van der Waals surface area contributed by atoms with Crippen LogP contribution in [-0.2, 0) is 13.1 Å². The van der Waals surface area contributed by atoms with Crippen molar-refractivity contribution in [2.45, 2.75) is 32.4 Å². The molecule has 0 unspecified atom stereocenters. The van der Waals surface area contributed by atoms with E-state index in [0.717, 1.165) is 19.6 Å². The lowest BCUT2D eigenvalue weighted by molar-refractivity contribution is 0.338. The van der Waals surface area contributed by atoms with Crippen LogP contribution in [0.3, 0.4) is 0 Å². The van der Waals surface area contributed by atoms with Crippen LogP contribution in [0.15, 0.2) is 29.3 Å². The fourth-order valence-corrected chi connectivity index (χ4v) is 2.59. The standard InChI is InChI=1S/C16H26N4/c1-19(2)13-15-8-6-7-14(11-15)12-18-16(17)20-9-4-3-5-10-20/h6-8,11H,3-5,9-10,12-13H2,1-2H3,(H2,17,18). The van der Waals surface area contributed by atoms with E-state index in [2.05, 4.69) is 53.2 Å². The van der Waals surface area contributed by atoms with Crippen LogP contribution in [0.2, 0.25) is 0 Å². The number of piperidine rings is 1. The lowest BCUT2D eigenvalue weighted by Crippen LogP contribution is -2.40. The summed E-state index contributed by atoms with van der Waals surface area (Å²) in [7, 11) is 4.17. The van der Waals surface area contributed by atoms with Gasteiger partial charge in [-0.3, -0.25) is 0 Å². The highest BCUT2D eigenvalue weighted by Crippen LogP contribution is 2.10. The third-order valence-corrected chi connectivity index (χ3v) is 3.59. The van der Waals surface area contributed by atoms with Gasteiger partial charge in [-0.1, -0.05) is 24.3 Å². The van der Waals surface area contributed by atoms with E-state index in [4.69, 9.17) is 5.73 Å². The Kier molecular flexibility index (Phi) is 5.41. The van der Waals surface area contributed by atoms with Crippen molar-refractivity contribution >= 4 is 5.96 Å². The van der Waals surface area contributed by atoms with Gasteiger partial charge in [-0.15, -0.1) is 0 Å². The minimum atomic E-state index is 0.670. The van der Waals surface area contributed by atoms with Crippen LogP contribution in [0, 0.1) is 0 Å². The molecule has 4 heteroatoms. The van der Waals surface area contributed by atoms with Gasteiger partial charge >= 0.3 is 0 Å². The lowest BCUT2D eigenvalue weighted by atomic mass is 10.1. The molecule has 110 valence electrons. The van der Waals surface area contributed by atoms with Crippen molar-refractivity contribution in [1.82, 2.24) is 9.80 Å². The number of likely N-dealkylation sites (tertiary alicyclic amines) is 1. The Morgan fingerprint density at radius 1 is 1.20 bits per heavy atom. The normalized spacial score (nSPS) is 16.8. The average Bonchev–Trinajstić information content (AvgIpc) is 2.45. The second-order valence-electron chi connectivity index (χ2n) is 5.78. The van der Waals surface area contributed by atoms with E-state index < -0.39 is 0 Å². The maximum atomic E-state index is 6.08. The van der Waals surface area contributed by atoms with E-state index in [1.807, 2.05) is 0 Å². The molecule has 1 aromatic carbocycles. The molecule has 1 aliphatic rings. The summed E-state index contributed by atoms with van der Waals surface area (Å²) in [4.78, 5) is 8.92. The second-order valence-corrected chi connectivity index (χ2v) is 5.78. The second kappa shape index (κ2) is 7.29. The predicted molar refractivity (Wildman–Crippen MR) is 84.6 cm³/mol. The quantitative estimate of drug-likeness (QED) is 0.675. The van der Waals surface area contributed by atoms with Gasteiger partial charge in [-0.05, 0) is 44.5 Å². The van der Waals surface area contributed by atoms with E-state index in [1.165, 1.54) is 30.4 Å². The molecule has 4 nitrogen and oxygen atoms in total. The molecule has 1 aliphatic heterocycles. The molecule has 1 fully saturated rings. The van der Waals surface area contributed by atoms with Crippen LogP contribution in [0.5, 0.6) is 0 Å². The molecule has 0 bridgehead atoms. The van der Waals surface area contributed by atoms with Crippen LogP contribution in [-0.4, -0.2) is 42.9 Å². The van der Waals surface area contributed by atoms with Gasteiger partial charge in [0.1, 0.15) is 0 Å². The summed E-state index contributed by atoms with van der Waals surface area (Å²) in [5.74, 6) is 0.697. The molecule has 1 aromatic rings. The van der Waals surface area contributed by atoms with E-state index in [1.54, 1.807) is 0 Å². The molecule has 2 N–H and O–H groups in total. The van der Waals surface area contributed by atoms with Crippen molar-refractivity contribution in [3.63, 3.8) is 0 Å². The number of rotatable bonds is 4. The van der Waals surface area contributed by atoms with Gasteiger partial charge in [0, 0.05) is 19.6 Å². The van der Waals surface area contributed by atoms with Crippen molar-refractivity contribution in [3.05, 3.63) is 35.4 Å². The zero-order chi connectivity index (χ0) is 14.4. The first-order valence-corrected chi connectivity index (χ1v) is 7.42. The summed E-state index contributed by atoms with van der Waals surface area (Å²) in [6.45, 7) is 3.73. The highest BCUT2D eigenvalue weighted by Gasteiger charge is 2.11. The summed E-state index contributed by atoms with van der Waals surface area (Å²) in [6.07, 6.45) is 3.78. The maximum Gasteiger partial charge on any atom is 0.191 e. The Balaban J connectivity index is 1.95. The summed E-state index contributed by atoms with van der Waals surface area (Å²) in [5.41, 5.74) is 8.63. The number of aliphatic imine (C=N–C) groups is 1. The van der Waals surface area contributed by atoms with Crippen LogP contribution in [0.4, 0.5) is 0 Å².